The molecule has 0 rings (SSSR count). The normalized spacial score (nSPS) is 19.1. The maximum atomic E-state index is 10.4. The van der Waals surface area contributed by atoms with Crippen molar-refractivity contribution in [2.75, 3.05) is 0 Å². The van der Waals surface area contributed by atoms with Crippen LogP contribution < -0.4 is 5.14 Å². The van der Waals surface area contributed by atoms with Crippen molar-refractivity contribution < 1.29 is 13.5 Å². The van der Waals surface area contributed by atoms with Crippen molar-refractivity contribution in [1.29, 1.82) is 0 Å². The summed E-state index contributed by atoms with van der Waals surface area (Å²) in [5, 5.41) is 12.5. The Balaban J connectivity index is 4.24. The second-order valence-corrected chi connectivity index (χ2v) is 3.96. The van der Waals surface area contributed by atoms with E-state index in [0.29, 0.717) is 0 Å². The quantitative estimate of drug-likeness (QED) is 0.536. The molecule has 0 radical (unpaired) electrons. The van der Waals surface area contributed by atoms with Gasteiger partial charge in [-0.3, -0.25) is 0 Å². The molecule has 0 heterocycles. The van der Waals surface area contributed by atoms with Crippen molar-refractivity contribution in [1.82, 2.24) is 0 Å². The van der Waals surface area contributed by atoms with E-state index in [4.69, 9.17) is 10.2 Å². The first-order valence-corrected chi connectivity index (χ1v) is 4.16. The fourth-order valence-corrected chi connectivity index (χ4v) is 0.824. The third-order valence-electron chi connectivity index (χ3n) is 1.20. The molecule has 0 aromatic carbocycles. The SMILES string of the molecule is C[C@@H](O)[C@H](C)S(N)(=O)=O. The topological polar surface area (TPSA) is 80.4 Å². The van der Waals surface area contributed by atoms with Crippen molar-refractivity contribution in [3.63, 3.8) is 0 Å². The van der Waals surface area contributed by atoms with Crippen molar-refractivity contribution in [2.45, 2.75) is 25.2 Å². The van der Waals surface area contributed by atoms with Crippen LogP contribution in [0.3, 0.4) is 0 Å². The molecule has 0 fully saturated rings. The molecule has 0 aliphatic heterocycles. The van der Waals surface area contributed by atoms with E-state index in [1.54, 1.807) is 0 Å². The largest absolute Gasteiger partial charge is 0.392 e. The van der Waals surface area contributed by atoms with E-state index in [0.717, 1.165) is 0 Å². The number of aliphatic hydroxyl groups excluding tert-OH is 1. The predicted octanol–water partition coefficient (Wildman–Crippen LogP) is -0.956. The van der Waals surface area contributed by atoms with Gasteiger partial charge < -0.3 is 5.11 Å². The summed E-state index contributed by atoms with van der Waals surface area (Å²) in [6, 6.07) is 0. The Labute approximate surface area is 54.7 Å². The number of rotatable bonds is 2. The molecule has 0 spiro atoms. The smallest absolute Gasteiger partial charge is 0.214 e. The Bertz CT molecular complexity index is 172. The summed E-state index contributed by atoms with van der Waals surface area (Å²) in [5.41, 5.74) is 0. The molecule has 9 heavy (non-hydrogen) atoms. The Morgan fingerprint density at radius 3 is 1.78 bits per heavy atom. The van der Waals surface area contributed by atoms with Gasteiger partial charge in [0.2, 0.25) is 10.0 Å². The number of nitrogens with two attached hydrogens (primary N) is 1. The number of aliphatic hydroxyl groups is 1. The first-order valence-electron chi connectivity index (χ1n) is 2.55. The van der Waals surface area contributed by atoms with Gasteiger partial charge in [0.15, 0.2) is 0 Å². The molecule has 4 nitrogen and oxygen atoms in total. The third-order valence-corrected chi connectivity index (χ3v) is 2.63. The van der Waals surface area contributed by atoms with Crippen LogP contribution in [0.15, 0.2) is 0 Å². The molecule has 0 saturated heterocycles. The Hall–Kier alpha value is -0.130. The number of primary sulfonamides is 1. The summed E-state index contributed by atoms with van der Waals surface area (Å²) < 4.78 is 20.8. The number of hydrogen-bond acceptors (Lipinski definition) is 3. The summed E-state index contributed by atoms with van der Waals surface area (Å²) in [6.45, 7) is 2.75. The van der Waals surface area contributed by atoms with E-state index < -0.39 is 21.4 Å². The summed E-state index contributed by atoms with van der Waals surface area (Å²) in [5.74, 6) is 0. The average molecular weight is 153 g/mol. The minimum atomic E-state index is -3.55. The zero-order chi connectivity index (χ0) is 7.65. The lowest BCUT2D eigenvalue weighted by Gasteiger charge is -2.10. The van der Waals surface area contributed by atoms with E-state index in [1.807, 2.05) is 0 Å². The first kappa shape index (κ1) is 8.87. The lowest BCUT2D eigenvalue weighted by Crippen LogP contribution is -2.34. The standard InChI is InChI=1S/C4H11NO3S/c1-3(6)4(2)9(5,7)8/h3-4,6H,1-2H3,(H2,5,7,8)/t3-,4+/m1/s1. The van der Waals surface area contributed by atoms with Crippen LogP contribution in [0.5, 0.6) is 0 Å². The second kappa shape index (κ2) is 2.64. The fraction of sp³-hybridized carbons (Fsp3) is 1.00. The van der Waals surface area contributed by atoms with Gasteiger partial charge in [-0.2, -0.15) is 0 Å². The highest BCUT2D eigenvalue weighted by molar-refractivity contribution is 7.89. The molecular formula is C4H11NO3S. The van der Waals surface area contributed by atoms with E-state index in [9.17, 15) is 8.42 Å². The maximum Gasteiger partial charge on any atom is 0.214 e. The first-order chi connectivity index (χ1) is 3.85. The van der Waals surface area contributed by atoms with Crippen LogP contribution in [0.1, 0.15) is 13.8 Å². The van der Waals surface area contributed by atoms with Crippen molar-refractivity contribution in [2.24, 2.45) is 5.14 Å². The van der Waals surface area contributed by atoms with Gasteiger partial charge in [0.25, 0.3) is 0 Å². The van der Waals surface area contributed by atoms with Gasteiger partial charge in [-0.15, -0.1) is 0 Å². The zero-order valence-corrected chi connectivity index (χ0v) is 6.22. The minimum absolute atomic E-state index is 0.877. The van der Waals surface area contributed by atoms with Gasteiger partial charge in [-0.05, 0) is 13.8 Å². The molecule has 0 aromatic heterocycles. The van der Waals surface area contributed by atoms with E-state index in [2.05, 4.69) is 0 Å². The molecule has 5 heteroatoms. The zero-order valence-electron chi connectivity index (χ0n) is 5.40. The van der Waals surface area contributed by atoms with Crippen LogP contribution in [0.2, 0.25) is 0 Å². The average Bonchev–Trinajstić information content (AvgIpc) is 1.62. The van der Waals surface area contributed by atoms with Gasteiger partial charge in [-0.25, -0.2) is 13.6 Å². The van der Waals surface area contributed by atoms with Gasteiger partial charge in [0.05, 0.1) is 11.4 Å². The molecule has 2 atom stereocenters. The fourth-order valence-electron chi connectivity index (χ4n) is 0.275. The highest BCUT2D eigenvalue weighted by atomic mass is 32.2. The Morgan fingerprint density at radius 2 is 1.78 bits per heavy atom. The van der Waals surface area contributed by atoms with Gasteiger partial charge >= 0.3 is 0 Å². The summed E-state index contributed by atoms with van der Waals surface area (Å²) in [7, 11) is -3.55. The van der Waals surface area contributed by atoms with E-state index in [1.165, 1.54) is 13.8 Å². The lowest BCUT2D eigenvalue weighted by molar-refractivity contribution is 0.193. The minimum Gasteiger partial charge on any atom is -0.392 e. The van der Waals surface area contributed by atoms with Crippen molar-refractivity contribution in [3.8, 4) is 0 Å². The molecule has 0 amide bonds. The lowest BCUT2D eigenvalue weighted by atomic mass is 10.3. The van der Waals surface area contributed by atoms with Crippen LogP contribution >= 0.6 is 0 Å². The van der Waals surface area contributed by atoms with Crippen LogP contribution in [-0.4, -0.2) is 24.9 Å². The van der Waals surface area contributed by atoms with Crippen LogP contribution in [0, 0.1) is 0 Å². The predicted molar refractivity (Wildman–Crippen MR) is 34.2 cm³/mol. The molecule has 0 aromatic rings. The molecular weight excluding hydrogens is 142 g/mol. The molecule has 0 aliphatic rings. The second-order valence-electron chi connectivity index (χ2n) is 2.03. The number of sulfonamides is 1. The van der Waals surface area contributed by atoms with Crippen LogP contribution in [0.4, 0.5) is 0 Å². The molecule has 56 valence electrons. The van der Waals surface area contributed by atoms with Gasteiger partial charge in [0.1, 0.15) is 0 Å². The number of hydrogen-bond donors (Lipinski definition) is 2. The highest BCUT2D eigenvalue weighted by Crippen LogP contribution is 1.99. The van der Waals surface area contributed by atoms with E-state index in [-0.39, 0.29) is 0 Å². The molecule has 3 N–H and O–H groups in total. The van der Waals surface area contributed by atoms with Crippen LogP contribution in [-0.2, 0) is 10.0 Å². The molecule has 0 aliphatic carbocycles. The molecule has 0 bridgehead atoms. The summed E-state index contributed by atoms with van der Waals surface area (Å²) in [4.78, 5) is 0. The van der Waals surface area contributed by atoms with Crippen molar-refractivity contribution in [3.05, 3.63) is 0 Å². The molecule has 0 unspecified atom stereocenters. The van der Waals surface area contributed by atoms with Crippen molar-refractivity contribution >= 4 is 10.0 Å². The summed E-state index contributed by atoms with van der Waals surface area (Å²) >= 11 is 0. The Kier molecular flexibility index (Phi) is 2.60. The third kappa shape index (κ3) is 2.78. The monoisotopic (exact) mass is 153 g/mol. The molecule has 0 saturated carbocycles. The Morgan fingerprint density at radius 1 is 1.44 bits per heavy atom. The highest BCUT2D eigenvalue weighted by Gasteiger charge is 2.20. The van der Waals surface area contributed by atoms with E-state index >= 15 is 0 Å². The van der Waals surface area contributed by atoms with Gasteiger partial charge in [-0.1, -0.05) is 0 Å². The maximum absolute atomic E-state index is 10.4. The van der Waals surface area contributed by atoms with Gasteiger partial charge in [0, 0.05) is 0 Å². The van der Waals surface area contributed by atoms with Crippen LogP contribution in [0.25, 0.3) is 0 Å². The summed E-state index contributed by atoms with van der Waals surface area (Å²) in [6.07, 6.45) is -0.903.